The smallest absolute Gasteiger partial charge is 0.309 e. The summed E-state index contributed by atoms with van der Waals surface area (Å²) < 4.78 is 10.9. The van der Waals surface area contributed by atoms with Crippen molar-refractivity contribution in [2.75, 3.05) is 0 Å². The molecule has 0 saturated heterocycles. The summed E-state index contributed by atoms with van der Waals surface area (Å²) >= 11 is 0. The van der Waals surface area contributed by atoms with E-state index in [2.05, 4.69) is 0 Å². The minimum atomic E-state index is -0.451. The third-order valence-electron chi connectivity index (χ3n) is 3.57. The van der Waals surface area contributed by atoms with Crippen LogP contribution in [-0.2, 0) is 19.1 Å². The molecule has 0 aliphatic rings. The lowest BCUT2D eigenvalue weighted by Gasteiger charge is -2.25. The average Bonchev–Trinajstić information content (AvgIpc) is 2.34. The predicted octanol–water partition coefficient (Wildman–Crippen LogP) is 4.89. The maximum absolute atomic E-state index is 12.1. The van der Waals surface area contributed by atoms with Crippen LogP contribution in [0, 0.1) is 11.8 Å². The van der Waals surface area contributed by atoms with E-state index >= 15 is 0 Å². The number of esters is 2. The first kappa shape index (κ1) is 21.9. The molecule has 0 aliphatic heterocycles. The zero-order valence-corrected chi connectivity index (χ0v) is 16.3. The molecular weight excluding hydrogens is 292 g/mol. The number of carbonyl (C=O) groups is 2. The van der Waals surface area contributed by atoms with Crippen LogP contribution in [0.1, 0.15) is 87.5 Å². The zero-order valence-electron chi connectivity index (χ0n) is 16.3. The zero-order chi connectivity index (χ0) is 18.3. The molecule has 0 aromatic rings. The molecule has 0 saturated carbocycles. The minimum Gasteiger partial charge on any atom is -0.460 e. The van der Waals surface area contributed by atoms with Gasteiger partial charge in [0.1, 0.15) is 11.2 Å². The minimum absolute atomic E-state index is 0.0923. The fourth-order valence-electron chi connectivity index (χ4n) is 2.36. The van der Waals surface area contributed by atoms with Gasteiger partial charge >= 0.3 is 11.9 Å². The van der Waals surface area contributed by atoms with E-state index < -0.39 is 11.2 Å². The van der Waals surface area contributed by atoms with E-state index in [9.17, 15) is 9.59 Å². The molecule has 0 spiro atoms. The van der Waals surface area contributed by atoms with Crippen LogP contribution < -0.4 is 0 Å². The Labute approximate surface area is 142 Å². The fourth-order valence-corrected chi connectivity index (χ4v) is 2.36. The lowest BCUT2D eigenvalue weighted by Crippen LogP contribution is -2.29. The van der Waals surface area contributed by atoms with Gasteiger partial charge in [-0.3, -0.25) is 9.59 Å². The highest BCUT2D eigenvalue weighted by Gasteiger charge is 2.26. The fraction of sp³-hybridized carbons (Fsp3) is 0.895. The molecule has 0 amide bonds. The highest BCUT2D eigenvalue weighted by atomic mass is 16.6. The molecule has 4 nitrogen and oxygen atoms in total. The van der Waals surface area contributed by atoms with Crippen molar-refractivity contribution in [2.45, 2.75) is 98.7 Å². The molecule has 2 unspecified atom stereocenters. The van der Waals surface area contributed by atoms with Gasteiger partial charge in [0.2, 0.25) is 0 Å². The summed E-state index contributed by atoms with van der Waals surface area (Å²) in [5.41, 5.74) is -0.903. The number of ether oxygens (including phenoxy) is 2. The van der Waals surface area contributed by atoms with E-state index in [4.69, 9.17) is 9.47 Å². The molecule has 0 aromatic heterocycles. The van der Waals surface area contributed by atoms with Crippen molar-refractivity contribution in [1.82, 2.24) is 0 Å². The monoisotopic (exact) mass is 328 g/mol. The molecule has 0 bridgehead atoms. The van der Waals surface area contributed by atoms with Gasteiger partial charge in [-0.15, -0.1) is 0 Å². The first-order valence-electron chi connectivity index (χ1n) is 8.85. The van der Waals surface area contributed by atoms with Gasteiger partial charge in [0, 0.05) is 0 Å². The molecule has 0 aliphatic carbocycles. The van der Waals surface area contributed by atoms with E-state index in [0.717, 1.165) is 32.1 Å². The number of hydrogen-bond donors (Lipinski definition) is 0. The Balaban J connectivity index is 4.42. The Bertz CT molecular complexity index is 338. The number of hydrogen-bond acceptors (Lipinski definition) is 4. The Kier molecular flexibility index (Phi) is 8.86. The lowest BCUT2D eigenvalue weighted by molar-refractivity contribution is -0.160. The van der Waals surface area contributed by atoms with Gasteiger partial charge in [-0.1, -0.05) is 20.3 Å². The normalized spacial score (nSPS) is 15.0. The highest BCUT2D eigenvalue weighted by Crippen LogP contribution is 2.23. The Morgan fingerprint density at radius 1 is 0.739 bits per heavy atom. The van der Waals surface area contributed by atoms with E-state index in [1.54, 1.807) is 0 Å². The molecular formula is C19H36O4. The molecule has 23 heavy (non-hydrogen) atoms. The van der Waals surface area contributed by atoms with Crippen molar-refractivity contribution in [3.05, 3.63) is 0 Å². The van der Waals surface area contributed by atoms with E-state index in [-0.39, 0.29) is 23.8 Å². The standard InChI is InChI=1S/C19H36O4/c1-9-14(16(20)22-18(3,4)5)12-11-13-15(10-2)17(21)23-19(6,7)8/h14-15H,9-13H2,1-8H3. The maximum atomic E-state index is 12.1. The van der Waals surface area contributed by atoms with Crippen molar-refractivity contribution in [3.8, 4) is 0 Å². The van der Waals surface area contributed by atoms with Crippen LogP contribution in [-0.4, -0.2) is 23.1 Å². The van der Waals surface area contributed by atoms with E-state index in [1.165, 1.54) is 0 Å². The van der Waals surface area contributed by atoms with Gasteiger partial charge in [0.15, 0.2) is 0 Å². The third-order valence-corrected chi connectivity index (χ3v) is 3.57. The molecule has 136 valence electrons. The van der Waals surface area contributed by atoms with Crippen LogP contribution in [0.3, 0.4) is 0 Å². The summed E-state index contributed by atoms with van der Waals surface area (Å²) in [5, 5.41) is 0. The molecule has 0 N–H and O–H groups in total. The van der Waals surface area contributed by atoms with Crippen molar-refractivity contribution in [3.63, 3.8) is 0 Å². The molecule has 0 aromatic carbocycles. The summed E-state index contributed by atoms with van der Waals surface area (Å²) in [5.74, 6) is -0.452. The Morgan fingerprint density at radius 3 is 1.26 bits per heavy atom. The molecule has 0 fully saturated rings. The second kappa shape index (κ2) is 9.29. The number of carbonyl (C=O) groups excluding carboxylic acids is 2. The van der Waals surface area contributed by atoms with Crippen LogP contribution >= 0.6 is 0 Å². The third kappa shape index (κ3) is 10.4. The second-order valence-corrected chi connectivity index (χ2v) is 8.21. The quantitative estimate of drug-likeness (QED) is 0.595. The highest BCUT2D eigenvalue weighted by molar-refractivity contribution is 5.73. The molecule has 0 heterocycles. The van der Waals surface area contributed by atoms with E-state index in [0.29, 0.717) is 0 Å². The van der Waals surface area contributed by atoms with Crippen molar-refractivity contribution < 1.29 is 19.1 Å². The van der Waals surface area contributed by atoms with Gasteiger partial charge in [0.05, 0.1) is 11.8 Å². The van der Waals surface area contributed by atoms with Gasteiger partial charge in [-0.05, 0) is 67.2 Å². The van der Waals surface area contributed by atoms with Gasteiger partial charge in [-0.25, -0.2) is 0 Å². The molecule has 0 rings (SSSR count). The first-order chi connectivity index (χ1) is 10.4. The van der Waals surface area contributed by atoms with Gasteiger partial charge in [-0.2, -0.15) is 0 Å². The van der Waals surface area contributed by atoms with E-state index in [1.807, 2.05) is 55.4 Å². The van der Waals surface area contributed by atoms with Crippen LogP contribution in [0.15, 0.2) is 0 Å². The maximum Gasteiger partial charge on any atom is 0.309 e. The van der Waals surface area contributed by atoms with Crippen LogP contribution in [0.4, 0.5) is 0 Å². The average molecular weight is 328 g/mol. The van der Waals surface area contributed by atoms with Crippen LogP contribution in [0.25, 0.3) is 0 Å². The SMILES string of the molecule is CCC(CCCC(CC)C(=O)OC(C)(C)C)C(=O)OC(C)(C)C. The summed E-state index contributed by atoms with van der Waals surface area (Å²) in [4.78, 5) is 24.3. The van der Waals surface area contributed by atoms with Crippen molar-refractivity contribution in [2.24, 2.45) is 11.8 Å². The summed E-state index contributed by atoms with van der Waals surface area (Å²) in [7, 11) is 0. The largest absolute Gasteiger partial charge is 0.460 e. The molecule has 0 radical (unpaired) electrons. The second-order valence-electron chi connectivity index (χ2n) is 8.21. The number of rotatable bonds is 8. The molecule has 4 heteroatoms. The summed E-state index contributed by atoms with van der Waals surface area (Å²) in [6.45, 7) is 15.3. The topological polar surface area (TPSA) is 52.6 Å². The summed E-state index contributed by atoms with van der Waals surface area (Å²) in [6.07, 6.45) is 3.86. The van der Waals surface area contributed by atoms with Crippen molar-refractivity contribution in [1.29, 1.82) is 0 Å². The Morgan fingerprint density at radius 2 is 1.04 bits per heavy atom. The van der Waals surface area contributed by atoms with Crippen molar-refractivity contribution >= 4 is 11.9 Å². The first-order valence-corrected chi connectivity index (χ1v) is 8.85. The lowest BCUT2D eigenvalue weighted by atomic mass is 9.93. The van der Waals surface area contributed by atoms with Crippen LogP contribution in [0.2, 0.25) is 0 Å². The van der Waals surface area contributed by atoms with Crippen LogP contribution in [0.5, 0.6) is 0 Å². The van der Waals surface area contributed by atoms with Gasteiger partial charge < -0.3 is 9.47 Å². The summed E-state index contributed by atoms with van der Waals surface area (Å²) in [6, 6.07) is 0. The molecule has 2 atom stereocenters. The predicted molar refractivity (Wildman–Crippen MR) is 93.1 cm³/mol. The van der Waals surface area contributed by atoms with Gasteiger partial charge in [0.25, 0.3) is 0 Å². The Hall–Kier alpha value is -1.06.